The Morgan fingerprint density at radius 3 is 2.58 bits per heavy atom. The van der Waals surface area contributed by atoms with Crippen molar-refractivity contribution in [3.63, 3.8) is 0 Å². The summed E-state index contributed by atoms with van der Waals surface area (Å²) in [7, 11) is -5.34. The van der Waals surface area contributed by atoms with Crippen molar-refractivity contribution in [1.82, 2.24) is 5.32 Å². The zero-order valence-corrected chi connectivity index (χ0v) is 18.4. The summed E-state index contributed by atoms with van der Waals surface area (Å²) in [5.41, 5.74) is -5.99. The Labute approximate surface area is 192 Å². The van der Waals surface area contributed by atoms with Crippen LogP contribution in [0, 0.1) is 11.3 Å². The van der Waals surface area contributed by atoms with Crippen LogP contribution >= 0.6 is 11.6 Å². The van der Waals surface area contributed by atoms with Gasteiger partial charge in [0.05, 0.1) is 22.6 Å². The molecule has 33 heavy (non-hydrogen) atoms. The monoisotopic (exact) mass is 502 g/mol. The lowest BCUT2D eigenvalue weighted by atomic mass is 9.87. The molecule has 1 aliphatic heterocycles. The zero-order valence-electron chi connectivity index (χ0n) is 16.9. The number of nitrogens with one attached hydrogen (secondary N) is 1. The summed E-state index contributed by atoms with van der Waals surface area (Å²) in [6, 6.07) is 6.32. The normalized spacial score (nSPS) is 15.0. The fourth-order valence-corrected chi connectivity index (χ4v) is 4.04. The van der Waals surface area contributed by atoms with Gasteiger partial charge < -0.3 is 19.8 Å². The summed E-state index contributed by atoms with van der Waals surface area (Å²) in [5, 5.41) is 22.2. The van der Waals surface area contributed by atoms with Crippen LogP contribution in [0.2, 0.25) is 5.02 Å². The third-order valence-electron chi connectivity index (χ3n) is 4.77. The maximum Gasteiger partial charge on any atom is 0.501 e. The number of carbonyl (C=O) groups excluding carboxylic acids is 1. The van der Waals surface area contributed by atoms with Gasteiger partial charge in [-0.2, -0.15) is 18.4 Å². The molecule has 1 amide bonds. The molecule has 2 N–H and O–H groups in total. The van der Waals surface area contributed by atoms with Crippen LogP contribution in [0.25, 0.3) is 0 Å². The molecule has 3 rings (SSSR count). The van der Waals surface area contributed by atoms with Crippen molar-refractivity contribution in [2.24, 2.45) is 0 Å². The third-order valence-corrected chi connectivity index (χ3v) is 6.67. The molecule has 0 radical (unpaired) electrons. The van der Waals surface area contributed by atoms with Crippen molar-refractivity contribution in [1.29, 1.82) is 5.26 Å². The smallest absolute Gasteiger partial charge is 0.501 e. The number of carbonyl (C=O) groups is 1. The number of amides is 1. The Hall–Kier alpha value is -2.95. The minimum absolute atomic E-state index is 0.0987. The molecule has 8 nitrogen and oxygen atoms in total. The maximum atomic E-state index is 12.6. The zero-order chi connectivity index (χ0) is 24.6. The van der Waals surface area contributed by atoms with E-state index in [0.29, 0.717) is 23.2 Å². The quantitative estimate of drug-likeness (QED) is 0.578. The van der Waals surface area contributed by atoms with Crippen LogP contribution in [0.4, 0.5) is 13.2 Å². The number of benzene rings is 2. The van der Waals surface area contributed by atoms with Crippen LogP contribution in [0.15, 0.2) is 35.2 Å². The van der Waals surface area contributed by atoms with E-state index >= 15 is 0 Å². The number of hydrogen-bond donors (Lipinski definition) is 2. The molecule has 14 heteroatoms. The maximum absolute atomic E-state index is 12.6. The van der Waals surface area contributed by atoms with E-state index in [-0.39, 0.29) is 36.2 Å². The lowest BCUT2D eigenvalue weighted by Gasteiger charge is -2.24. The Morgan fingerprint density at radius 1 is 1.36 bits per heavy atom. The van der Waals surface area contributed by atoms with Gasteiger partial charge >= 0.3 is 13.0 Å². The summed E-state index contributed by atoms with van der Waals surface area (Å²) in [6.45, 7) is 1.15. The Balaban J connectivity index is 1.74. The van der Waals surface area contributed by atoms with Crippen molar-refractivity contribution < 1.29 is 40.9 Å². The SMILES string of the molecule is C[C@](C#N)(COc1c(O)cc2c(c1Cl)BOC2)NC(=O)c1ccc(S(=O)(=O)C(F)(F)F)cc1. The number of hydrogen-bond acceptors (Lipinski definition) is 7. The Bertz CT molecular complexity index is 1250. The number of phenols is 1. The Morgan fingerprint density at radius 2 is 2.00 bits per heavy atom. The van der Waals surface area contributed by atoms with Gasteiger partial charge in [-0.05, 0) is 48.3 Å². The molecule has 174 valence electrons. The number of phenolic OH excluding ortho intramolecular Hbond substituents is 1. The van der Waals surface area contributed by atoms with E-state index in [0.717, 1.165) is 12.1 Å². The fraction of sp³-hybridized carbons (Fsp3) is 0.263. The Kier molecular flexibility index (Phi) is 6.56. The predicted molar refractivity (Wildman–Crippen MR) is 111 cm³/mol. The number of fused-ring (bicyclic) bond motifs is 1. The highest BCUT2D eigenvalue weighted by Gasteiger charge is 2.46. The van der Waals surface area contributed by atoms with E-state index in [1.807, 2.05) is 6.07 Å². The van der Waals surface area contributed by atoms with Crippen LogP contribution in [-0.2, 0) is 21.1 Å². The predicted octanol–water partition coefficient (Wildman–Crippen LogP) is 1.94. The van der Waals surface area contributed by atoms with Crippen molar-refractivity contribution in [2.75, 3.05) is 6.61 Å². The molecule has 0 saturated heterocycles. The average Bonchev–Trinajstić information content (AvgIpc) is 3.21. The largest absolute Gasteiger partial charge is 0.504 e. The summed E-state index contributed by atoms with van der Waals surface area (Å²) in [6.07, 6.45) is 0. The first-order valence-electron chi connectivity index (χ1n) is 9.18. The van der Waals surface area contributed by atoms with Gasteiger partial charge in [-0.15, -0.1) is 0 Å². The van der Waals surface area contributed by atoms with Gasteiger partial charge in [-0.3, -0.25) is 4.79 Å². The third kappa shape index (κ3) is 4.87. The fourth-order valence-electron chi connectivity index (χ4n) is 2.95. The van der Waals surface area contributed by atoms with Crippen LogP contribution in [0.5, 0.6) is 11.5 Å². The van der Waals surface area contributed by atoms with E-state index in [9.17, 15) is 36.8 Å². The average molecular weight is 503 g/mol. The molecule has 0 spiro atoms. The standard InChI is InChI=1S/C19H15BClF3N2O6S/c1-18(8-25,9-31-16-13(27)6-11-7-32-20-14(11)15(16)21)26-17(28)10-2-4-12(5-3-10)33(29,30)19(22,23)24/h2-6,20,27H,7,9H2,1H3,(H,26,28)/t18-/m0/s1. The van der Waals surface area contributed by atoms with E-state index in [1.165, 1.54) is 13.0 Å². The van der Waals surface area contributed by atoms with Gasteiger partial charge in [0, 0.05) is 5.56 Å². The molecule has 0 aliphatic carbocycles. The van der Waals surface area contributed by atoms with Crippen molar-refractivity contribution in [3.05, 3.63) is 46.5 Å². The highest BCUT2D eigenvalue weighted by atomic mass is 35.5. The molecular weight excluding hydrogens is 488 g/mol. The molecule has 0 saturated carbocycles. The van der Waals surface area contributed by atoms with Crippen molar-refractivity contribution in [2.45, 2.75) is 29.5 Å². The van der Waals surface area contributed by atoms with Gasteiger partial charge in [-0.25, -0.2) is 8.42 Å². The van der Waals surface area contributed by atoms with E-state index < -0.39 is 38.3 Å². The minimum atomic E-state index is -5.56. The highest BCUT2D eigenvalue weighted by molar-refractivity contribution is 7.92. The summed E-state index contributed by atoms with van der Waals surface area (Å²) in [4.78, 5) is 11.5. The first-order chi connectivity index (χ1) is 15.3. The van der Waals surface area contributed by atoms with Crippen LogP contribution in [0.1, 0.15) is 22.8 Å². The molecule has 0 bridgehead atoms. The van der Waals surface area contributed by atoms with Crippen molar-refractivity contribution in [3.8, 4) is 17.6 Å². The summed E-state index contributed by atoms with van der Waals surface area (Å²) < 4.78 is 71.6. The van der Waals surface area contributed by atoms with Gasteiger partial charge in [0.2, 0.25) is 0 Å². The number of halogens is 4. The minimum Gasteiger partial charge on any atom is -0.504 e. The molecule has 0 unspecified atom stereocenters. The van der Waals surface area contributed by atoms with Crippen LogP contribution in [0.3, 0.4) is 0 Å². The number of nitrogens with zero attached hydrogens (tertiary/aromatic N) is 1. The molecule has 0 fully saturated rings. The number of sulfone groups is 1. The topological polar surface area (TPSA) is 126 Å². The first-order valence-corrected chi connectivity index (χ1v) is 11.0. The second kappa shape index (κ2) is 8.77. The second-order valence-corrected chi connectivity index (χ2v) is 9.65. The molecular formula is C19H15BClF3N2O6S. The molecule has 1 aliphatic rings. The van der Waals surface area contributed by atoms with Gasteiger partial charge in [0.25, 0.3) is 15.7 Å². The highest BCUT2D eigenvalue weighted by Crippen LogP contribution is 2.36. The number of alkyl halides is 3. The van der Waals surface area contributed by atoms with Gasteiger partial charge in [0.1, 0.15) is 6.61 Å². The molecule has 0 aromatic heterocycles. The first kappa shape index (κ1) is 24.7. The number of ether oxygens (including phenoxy) is 1. The van der Waals surface area contributed by atoms with E-state index in [2.05, 4.69) is 5.32 Å². The van der Waals surface area contributed by atoms with E-state index in [1.54, 1.807) is 0 Å². The summed E-state index contributed by atoms with van der Waals surface area (Å²) in [5.74, 6) is -1.24. The van der Waals surface area contributed by atoms with Gasteiger partial charge in [0.15, 0.2) is 17.0 Å². The summed E-state index contributed by atoms with van der Waals surface area (Å²) >= 11 is 6.25. The lowest BCUT2D eigenvalue weighted by molar-refractivity contribution is -0.0436. The molecule has 1 heterocycles. The van der Waals surface area contributed by atoms with Crippen molar-refractivity contribution >= 4 is 40.3 Å². The van der Waals surface area contributed by atoms with Gasteiger partial charge in [-0.1, -0.05) is 11.6 Å². The van der Waals surface area contributed by atoms with E-state index in [4.69, 9.17) is 21.0 Å². The number of rotatable bonds is 6. The number of nitriles is 1. The molecule has 2 aromatic carbocycles. The van der Waals surface area contributed by atoms with Crippen LogP contribution < -0.4 is 15.5 Å². The van der Waals surface area contributed by atoms with Crippen LogP contribution in [-0.4, -0.2) is 44.6 Å². The lowest BCUT2D eigenvalue weighted by Crippen LogP contribution is -2.49. The number of aromatic hydroxyl groups is 1. The molecule has 1 atom stereocenters. The second-order valence-electron chi connectivity index (χ2n) is 7.33. The molecule has 2 aromatic rings.